The molecule has 0 saturated carbocycles. The van der Waals surface area contributed by atoms with Gasteiger partial charge in [0.25, 0.3) is 5.56 Å². The second-order valence-corrected chi connectivity index (χ2v) is 6.04. The predicted octanol–water partition coefficient (Wildman–Crippen LogP) is 0.0875. The van der Waals surface area contributed by atoms with Crippen LogP contribution < -0.4 is 10.9 Å². The number of carboxylic acid groups (broad SMARTS) is 1. The summed E-state index contributed by atoms with van der Waals surface area (Å²) in [6.07, 6.45) is 3.00. The number of rotatable bonds is 7. The molecule has 2 aromatic heterocycles. The fourth-order valence-electron chi connectivity index (χ4n) is 2.63. The van der Waals surface area contributed by atoms with Crippen molar-refractivity contribution in [2.75, 3.05) is 0 Å². The Morgan fingerprint density at radius 3 is 2.89 bits per heavy atom. The molecule has 0 aliphatic rings. The highest BCUT2D eigenvalue weighted by Crippen LogP contribution is 2.11. The average Bonchev–Trinajstić information content (AvgIpc) is 3.06. The number of aromatic nitrogens is 5. The summed E-state index contributed by atoms with van der Waals surface area (Å²) in [5, 5.41) is 19.3. The number of para-hydroxylation sites is 1. The molecule has 0 radical (unpaired) electrons. The summed E-state index contributed by atoms with van der Waals surface area (Å²) >= 11 is 0. The number of carboxylic acids is 1. The van der Waals surface area contributed by atoms with E-state index in [2.05, 4.69) is 20.6 Å². The highest BCUT2D eigenvalue weighted by Gasteiger charge is 2.09. The lowest BCUT2D eigenvalue weighted by molar-refractivity contribution is -0.138. The van der Waals surface area contributed by atoms with Crippen LogP contribution in [0.15, 0.2) is 35.5 Å². The Labute approximate surface area is 153 Å². The Hall–Kier alpha value is -3.56. The topological polar surface area (TPSA) is 132 Å². The molecular formula is C17H18N6O4. The van der Waals surface area contributed by atoms with Crippen LogP contribution in [0, 0.1) is 6.92 Å². The summed E-state index contributed by atoms with van der Waals surface area (Å²) in [4.78, 5) is 39.4. The third kappa shape index (κ3) is 4.35. The molecule has 1 amide bonds. The molecule has 0 unspecified atom stereocenters. The van der Waals surface area contributed by atoms with E-state index in [1.54, 1.807) is 12.1 Å². The molecule has 0 saturated heterocycles. The standard InChI is InChI=1S/C17H18N6O4/c1-11-3-2-4-13-16(11)19-10-22(17(13)27)6-5-14(24)18-7-12-8-23(21-20-12)9-15(25)26/h2-4,8,10H,5-7,9H2,1H3,(H,18,24)(H,25,26). The molecule has 3 aromatic rings. The lowest BCUT2D eigenvalue weighted by atomic mass is 10.1. The Morgan fingerprint density at radius 1 is 1.30 bits per heavy atom. The maximum atomic E-state index is 12.5. The van der Waals surface area contributed by atoms with Crippen LogP contribution in [0.5, 0.6) is 0 Å². The van der Waals surface area contributed by atoms with Crippen molar-refractivity contribution in [2.45, 2.75) is 33.0 Å². The van der Waals surface area contributed by atoms with Gasteiger partial charge in [0, 0.05) is 13.0 Å². The Balaban J connectivity index is 1.57. The maximum absolute atomic E-state index is 12.5. The zero-order valence-corrected chi connectivity index (χ0v) is 14.6. The fraction of sp³-hybridized carbons (Fsp3) is 0.294. The summed E-state index contributed by atoms with van der Waals surface area (Å²) in [6.45, 7) is 1.92. The monoisotopic (exact) mass is 370 g/mol. The number of hydrogen-bond acceptors (Lipinski definition) is 6. The van der Waals surface area contributed by atoms with Crippen LogP contribution >= 0.6 is 0 Å². The van der Waals surface area contributed by atoms with Gasteiger partial charge in [0.1, 0.15) is 12.2 Å². The summed E-state index contributed by atoms with van der Waals surface area (Å²) < 4.78 is 2.58. The van der Waals surface area contributed by atoms with Gasteiger partial charge in [-0.25, -0.2) is 9.67 Å². The molecule has 0 spiro atoms. The molecule has 1 aromatic carbocycles. The number of hydrogen-bond donors (Lipinski definition) is 2. The van der Waals surface area contributed by atoms with Crippen molar-refractivity contribution in [1.82, 2.24) is 29.9 Å². The number of nitrogens with one attached hydrogen (secondary N) is 1. The van der Waals surface area contributed by atoms with Crippen LogP contribution in [-0.4, -0.2) is 41.5 Å². The number of aryl methyl sites for hydroxylation is 2. The van der Waals surface area contributed by atoms with Gasteiger partial charge >= 0.3 is 5.97 Å². The minimum Gasteiger partial charge on any atom is -0.480 e. The second kappa shape index (κ2) is 7.77. The number of amides is 1. The summed E-state index contributed by atoms with van der Waals surface area (Å²) in [6, 6.07) is 5.41. The highest BCUT2D eigenvalue weighted by molar-refractivity contribution is 5.80. The summed E-state index contributed by atoms with van der Waals surface area (Å²) in [5.41, 5.74) is 1.84. The second-order valence-electron chi connectivity index (χ2n) is 6.04. The quantitative estimate of drug-likeness (QED) is 0.602. The number of carbonyl (C=O) groups is 2. The summed E-state index contributed by atoms with van der Waals surface area (Å²) in [7, 11) is 0. The van der Waals surface area contributed by atoms with Crippen molar-refractivity contribution in [3.8, 4) is 0 Å². The highest BCUT2D eigenvalue weighted by atomic mass is 16.4. The normalized spacial score (nSPS) is 10.9. The minimum atomic E-state index is -1.03. The molecule has 0 atom stereocenters. The first kappa shape index (κ1) is 18.2. The van der Waals surface area contributed by atoms with Crippen LogP contribution in [0.4, 0.5) is 0 Å². The van der Waals surface area contributed by atoms with Gasteiger partial charge in [0.2, 0.25) is 5.91 Å². The third-order valence-corrected chi connectivity index (χ3v) is 3.99. The molecule has 0 bridgehead atoms. The van der Waals surface area contributed by atoms with Gasteiger partial charge in [-0.3, -0.25) is 19.0 Å². The van der Waals surface area contributed by atoms with Gasteiger partial charge in [0.15, 0.2) is 0 Å². The Kier molecular flexibility index (Phi) is 5.25. The maximum Gasteiger partial charge on any atom is 0.325 e. The minimum absolute atomic E-state index is 0.0994. The lowest BCUT2D eigenvalue weighted by Gasteiger charge is -2.08. The van der Waals surface area contributed by atoms with Crippen molar-refractivity contribution in [3.63, 3.8) is 0 Å². The number of aliphatic carboxylic acids is 1. The van der Waals surface area contributed by atoms with E-state index in [0.717, 1.165) is 5.56 Å². The van der Waals surface area contributed by atoms with Crippen LogP contribution in [0.1, 0.15) is 17.7 Å². The molecule has 0 fully saturated rings. The van der Waals surface area contributed by atoms with Crippen molar-refractivity contribution in [2.24, 2.45) is 0 Å². The molecule has 2 N–H and O–H groups in total. The summed E-state index contributed by atoms with van der Waals surface area (Å²) in [5.74, 6) is -1.29. The first-order chi connectivity index (χ1) is 12.9. The van der Waals surface area contributed by atoms with Gasteiger partial charge in [-0.05, 0) is 18.6 Å². The average molecular weight is 370 g/mol. The van der Waals surface area contributed by atoms with Gasteiger partial charge in [-0.15, -0.1) is 5.10 Å². The van der Waals surface area contributed by atoms with E-state index in [1.807, 2.05) is 13.0 Å². The predicted molar refractivity (Wildman–Crippen MR) is 94.9 cm³/mol. The van der Waals surface area contributed by atoms with Crippen LogP contribution in [0.2, 0.25) is 0 Å². The van der Waals surface area contributed by atoms with Crippen molar-refractivity contribution in [3.05, 3.63) is 52.3 Å². The van der Waals surface area contributed by atoms with Gasteiger partial charge < -0.3 is 10.4 Å². The van der Waals surface area contributed by atoms with Crippen molar-refractivity contribution < 1.29 is 14.7 Å². The number of nitrogens with zero attached hydrogens (tertiary/aromatic N) is 5. The molecule has 3 rings (SSSR count). The van der Waals surface area contributed by atoms with E-state index >= 15 is 0 Å². The van der Waals surface area contributed by atoms with Gasteiger partial charge in [-0.2, -0.15) is 0 Å². The first-order valence-electron chi connectivity index (χ1n) is 8.26. The number of benzene rings is 1. The van der Waals surface area contributed by atoms with E-state index in [1.165, 1.54) is 21.8 Å². The fourth-order valence-corrected chi connectivity index (χ4v) is 2.63. The third-order valence-electron chi connectivity index (χ3n) is 3.99. The van der Waals surface area contributed by atoms with E-state index in [4.69, 9.17) is 5.11 Å². The zero-order chi connectivity index (χ0) is 19.4. The zero-order valence-electron chi connectivity index (χ0n) is 14.6. The SMILES string of the molecule is Cc1cccc2c(=O)n(CCC(=O)NCc3cn(CC(=O)O)nn3)cnc12. The van der Waals surface area contributed by atoms with Crippen molar-refractivity contribution >= 4 is 22.8 Å². The molecule has 0 aliphatic heterocycles. The molecule has 140 valence electrons. The van der Waals surface area contributed by atoms with Crippen molar-refractivity contribution in [1.29, 1.82) is 0 Å². The Bertz CT molecular complexity index is 1060. The number of carbonyl (C=O) groups excluding carboxylic acids is 1. The van der Waals surface area contributed by atoms with E-state index < -0.39 is 5.97 Å². The Morgan fingerprint density at radius 2 is 2.11 bits per heavy atom. The van der Waals surface area contributed by atoms with Crippen LogP contribution in [-0.2, 0) is 29.2 Å². The molecule has 0 aliphatic carbocycles. The van der Waals surface area contributed by atoms with Gasteiger partial charge in [-0.1, -0.05) is 17.3 Å². The van der Waals surface area contributed by atoms with Crippen LogP contribution in [0.25, 0.3) is 10.9 Å². The lowest BCUT2D eigenvalue weighted by Crippen LogP contribution is -2.27. The smallest absolute Gasteiger partial charge is 0.325 e. The van der Waals surface area contributed by atoms with Gasteiger partial charge in [0.05, 0.1) is 30.0 Å². The first-order valence-corrected chi connectivity index (χ1v) is 8.26. The van der Waals surface area contributed by atoms with E-state index in [0.29, 0.717) is 16.6 Å². The number of fused-ring (bicyclic) bond motifs is 1. The molecular weight excluding hydrogens is 352 g/mol. The molecule has 27 heavy (non-hydrogen) atoms. The molecule has 10 heteroatoms. The molecule has 10 nitrogen and oxygen atoms in total. The van der Waals surface area contributed by atoms with Crippen LogP contribution in [0.3, 0.4) is 0 Å². The largest absolute Gasteiger partial charge is 0.480 e. The molecule has 2 heterocycles. The van der Waals surface area contributed by atoms with E-state index in [-0.39, 0.29) is 37.5 Å². The van der Waals surface area contributed by atoms with E-state index in [9.17, 15) is 14.4 Å².